The number of aromatic amines is 2. The fraction of sp³-hybridized carbons (Fsp3) is 0.444. The Balaban J connectivity index is 1.39. The number of hydrogen-bond acceptors (Lipinski definition) is 4. The van der Waals surface area contributed by atoms with Gasteiger partial charge in [0.25, 0.3) is 5.91 Å². The van der Waals surface area contributed by atoms with Gasteiger partial charge in [0, 0.05) is 30.6 Å². The van der Waals surface area contributed by atoms with Crippen molar-refractivity contribution in [3.8, 4) is 0 Å². The number of amides is 1. The number of aryl methyl sites for hydroxylation is 1. The van der Waals surface area contributed by atoms with Crippen molar-refractivity contribution in [1.82, 2.24) is 29.6 Å². The molecule has 1 unspecified atom stereocenters. The predicted molar refractivity (Wildman–Crippen MR) is 95.2 cm³/mol. The fourth-order valence-electron chi connectivity index (χ4n) is 3.84. The predicted octanol–water partition coefficient (Wildman–Crippen LogP) is 1.72. The Morgan fingerprint density at radius 3 is 2.85 bits per heavy atom. The molecule has 1 aromatic carbocycles. The van der Waals surface area contributed by atoms with Crippen LogP contribution in [0.5, 0.6) is 0 Å². The molecule has 5 rings (SSSR count). The number of aromatic nitrogens is 5. The minimum atomic E-state index is -0.0895. The summed E-state index contributed by atoms with van der Waals surface area (Å²) in [6.07, 6.45) is 2.95. The number of fused-ring (bicyclic) bond motifs is 1. The monoisotopic (exact) mass is 352 g/mol. The summed E-state index contributed by atoms with van der Waals surface area (Å²) in [6.45, 7) is 3.18. The summed E-state index contributed by atoms with van der Waals surface area (Å²) in [6, 6.07) is 5.80. The highest BCUT2D eigenvalue weighted by molar-refractivity contribution is 5.97. The number of carbonyl (C=O) groups excluding carboxylic acids is 1. The van der Waals surface area contributed by atoms with E-state index in [2.05, 4.69) is 20.2 Å². The van der Waals surface area contributed by atoms with E-state index in [1.54, 1.807) is 10.6 Å². The molecule has 2 aromatic heterocycles. The molecular formula is C18H20N6O2. The molecule has 3 heterocycles. The van der Waals surface area contributed by atoms with Gasteiger partial charge in [0.2, 0.25) is 0 Å². The molecule has 26 heavy (non-hydrogen) atoms. The number of likely N-dealkylation sites (tertiary alicyclic amines) is 1. The van der Waals surface area contributed by atoms with E-state index in [0.29, 0.717) is 24.7 Å². The number of nitrogens with one attached hydrogen (secondary N) is 2. The second kappa shape index (κ2) is 5.55. The van der Waals surface area contributed by atoms with Crippen LogP contribution in [0.3, 0.4) is 0 Å². The van der Waals surface area contributed by atoms with E-state index in [9.17, 15) is 9.59 Å². The Kier molecular flexibility index (Phi) is 3.28. The Morgan fingerprint density at radius 1 is 1.27 bits per heavy atom. The van der Waals surface area contributed by atoms with Gasteiger partial charge in [-0.2, -0.15) is 5.10 Å². The Labute approximate surface area is 149 Å². The fourth-order valence-corrected chi connectivity index (χ4v) is 3.84. The first-order chi connectivity index (χ1) is 12.6. The average molecular weight is 352 g/mol. The summed E-state index contributed by atoms with van der Waals surface area (Å²) in [5.41, 5.74) is 2.12. The second-order valence-corrected chi connectivity index (χ2v) is 7.28. The molecule has 8 nitrogen and oxygen atoms in total. The van der Waals surface area contributed by atoms with Crippen LogP contribution < -0.4 is 5.69 Å². The van der Waals surface area contributed by atoms with Gasteiger partial charge >= 0.3 is 5.69 Å². The number of H-pyrrole nitrogens is 2. The van der Waals surface area contributed by atoms with Gasteiger partial charge in [0.1, 0.15) is 5.82 Å². The smallest absolute Gasteiger partial charge is 0.326 e. The normalized spacial score (nSPS) is 20.2. The summed E-state index contributed by atoms with van der Waals surface area (Å²) in [5, 5.41) is 7.09. The SMILES string of the molecule is Cc1nc(C2CCN(C(=O)c3ccc4c(c3)[nH]c(=O)n4C3CC3)C2)n[nH]1. The number of hydrogen-bond donors (Lipinski definition) is 2. The van der Waals surface area contributed by atoms with E-state index in [1.807, 2.05) is 24.0 Å². The first-order valence-electron chi connectivity index (χ1n) is 9.02. The van der Waals surface area contributed by atoms with Crippen molar-refractivity contribution in [2.45, 2.75) is 38.1 Å². The zero-order valence-corrected chi connectivity index (χ0v) is 14.5. The summed E-state index contributed by atoms with van der Waals surface area (Å²) in [4.78, 5) is 34.2. The summed E-state index contributed by atoms with van der Waals surface area (Å²) < 4.78 is 1.81. The van der Waals surface area contributed by atoms with E-state index < -0.39 is 0 Å². The molecule has 2 aliphatic rings. The Morgan fingerprint density at radius 2 is 2.12 bits per heavy atom. The third-order valence-corrected chi connectivity index (χ3v) is 5.33. The van der Waals surface area contributed by atoms with Gasteiger partial charge in [-0.15, -0.1) is 0 Å². The topological polar surface area (TPSA) is 99.7 Å². The number of benzene rings is 1. The highest BCUT2D eigenvalue weighted by Crippen LogP contribution is 2.36. The van der Waals surface area contributed by atoms with Crippen molar-refractivity contribution in [1.29, 1.82) is 0 Å². The lowest BCUT2D eigenvalue weighted by atomic mass is 10.1. The minimum absolute atomic E-state index is 0.0123. The lowest BCUT2D eigenvalue weighted by Gasteiger charge is -2.16. The number of rotatable bonds is 3. The van der Waals surface area contributed by atoms with E-state index in [0.717, 1.165) is 41.9 Å². The van der Waals surface area contributed by atoms with Crippen molar-refractivity contribution in [2.24, 2.45) is 0 Å². The molecule has 0 spiro atoms. The number of carbonyl (C=O) groups is 1. The molecule has 134 valence electrons. The standard InChI is InChI=1S/C18H20N6O2/c1-10-19-16(22-21-10)12-6-7-23(9-12)17(25)11-2-5-15-14(8-11)20-18(26)24(15)13-3-4-13/h2,5,8,12-13H,3-4,6-7,9H2,1H3,(H,20,26)(H,19,21,22). The average Bonchev–Trinajstić information content (AvgIpc) is 3.05. The summed E-state index contributed by atoms with van der Waals surface area (Å²) >= 11 is 0. The quantitative estimate of drug-likeness (QED) is 0.749. The van der Waals surface area contributed by atoms with Gasteiger partial charge in [0.15, 0.2) is 5.82 Å². The highest BCUT2D eigenvalue weighted by atomic mass is 16.2. The molecule has 1 saturated heterocycles. The molecule has 8 heteroatoms. The molecule has 3 aromatic rings. The van der Waals surface area contributed by atoms with Gasteiger partial charge in [0.05, 0.1) is 11.0 Å². The molecule has 0 bridgehead atoms. The zero-order chi connectivity index (χ0) is 17.8. The van der Waals surface area contributed by atoms with Crippen LogP contribution in [0.4, 0.5) is 0 Å². The summed E-state index contributed by atoms with van der Waals surface area (Å²) in [7, 11) is 0. The van der Waals surface area contributed by atoms with Crippen molar-refractivity contribution in [3.63, 3.8) is 0 Å². The maximum atomic E-state index is 12.9. The van der Waals surface area contributed by atoms with Gasteiger partial charge in [-0.05, 0) is 44.4 Å². The van der Waals surface area contributed by atoms with Crippen LogP contribution in [0.25, 0.3) is 11.0 Å². The lowest BCUT2D eigenvalue weighted by Crippen LogP contribution is -2.28. The van der Waals surface area contributed by atoms with E-state index in [-0.39, 0.29) is 17.5 Å². The minimum Gasteiger partial charge on any atom is -0.338 e. The van der Waals surface area contributed by atoms with Gasteiger partial charge < -0.3 is 9.88 Å². The molecule has 1 amide bonds. The van der Waals surface area contributed by atoms with Gasteiger partial charge in [-0.25, -0.2) is 9.78 Å². The molecule has 2 fully saturated rings. The zero-order valence-electron chi connectivity index (χ0n) is 14.5. The van der Waals surface area contributed by atoms with E-state index in [1.165, 1.54) is 0 Å². The molecule has 0 radical (unpaired) electrons. The lowest BCUT2D eigenvalue weighted by molar-refractivity contribution is 0.0790. The van der Waals surface area contributed by atoms with Crippen LogP contribution in [-0.4, -0.2) is 48.6 Å². The first kappa shape index (κ1) is 15.4. The molecule has 1 aliphatic heterocycles. The number of imidazole rings is 1. The largest absolute Gasteiger partial charge is 0.338 e. The van der Waals surface area contributed by atoms with Crippen LogP contribution in [-0.2, 0) is 0 Å². The van der Waals surface area contributed by atoms with Gasteiger partial charge in [-0.1, -0.05) is 0 Å². The maximum Gasteiger partial charge on any atom is 0.326 e. The molecule has 2 N–H and O–H groups in total. The third-order valence-electron chi connectivity index (χ3n) is 5.33. The third kappa shape index (κ3) is 2.44. The van der Waals surface area contributed by atoms with Crippen LogP contribution >= 0.6 is 0 Å². The van der Waals surface area contributed by atoms with Crippen LogP contribution in [0.2, 0.25) is 0 Å². The summed E-state index contributed by atoms with van der Waals surface area (Å²) in [5.74, 6) is 1.73. The molecule has 1 atom stereocenters. The van der Waals surface area contributed by atoms with Gasteiger partial charge in [-0.3, -0.25) is 14.5 Å². The first-order valence-corrected chi connectivity index (χ1v) is 9.02. The Bertz CT molecular complexity index is 1060. The van der Waals surface area contributed by atoms with Crippen molar-refractivity contribution in [3.05, 3.63) is 45.9 Å². The molecular weight excluding hydrogens is 332 g/mol. The highest BCUT2D eigenvalue weighted by Gasteiger charge is 2.31. The van der Waals surface area contributed by atoms with Crippen molar-refractivity contribution in [2.75, 3.05) is 13.1 Å². The van der Waals surface area contributed by atoms with E-state index >= 15 is 0 Å². The maximum absolute atomic E-state index is 12.9. The van der Waals surface area contributed by atoms with Crippen LogP contribution in [0.15, 0.2) is 23.0 Å². The van der Waals surface area contributed by atoms with Crippen molar-refractivity contribution < 1.29 is 4.79 Å². The number of nitrogens with zero attached hydrogens (tertiary/aromatic N) is 4. The molecule has 1 aliphatic carbocycles. The molecule has 1 saturated carbocycles. The Hall–Kier alpha value is -2.90. The van der Waals surface area contributed by atoms with E-state index in [4.69, 9.17) is 0 Å². The van der Waals surface area contributed by atoms with Crippen LogP contribution in [0.1, 0.15) is 53.2 Å². The second-order valence-electron chi connectivity index (χ2n) is 7.28. The van der Waals surface area contributed by atoms with Crippen LogP contribution in [0, 0.1) is 6.92 Å². The van der Waals surface area contributed by atoms with Crippen molar-refractivity contribution >= 4 is 16.9 Å².